The standard InChI is InChI=1S/C13H15N3O2S/c14-12(5-9-1-3-11(17)4-2-9)13(18)15-6-10-7-19-8-16-10/h1-4,7-8,12,17H,5-6,14H2,(H,15,18)/t12-/m0/s1. The molecule has 0 aliphatic rings. The van der Waals surface area contributed by atoms with Crippen molar-refractivity contribution in [3.8, 4) is 5.75 Å². The summed E-state index contributed by atoms with van der Waals surface area (Å²) >= 11 is 1.49. The Hall–Kier alpha value is -1.92. The summed E-state index contributed by atoms with van der Waals surface area (Å²) in [7, 11) is 0. The second-order valence-electron chi connectivity index (χ2n) is 4.17. The molecule has 100 valence electrons. The quantitative estimate of drug-likeness (QED) is 0.762. The molecule has 0 aliphatic carbocycles. The lowest BCUT2D eigenvalue weighted by Gasteiger charge is -2.11. The average molecular weight is 277 g/mol. The number of benzene rings is 1. The van der Waals surface area contributed by atoms with Crippen LogP contribution in [0.1, 0.15) is 11.3 Å². The number of thiazole rings is 1. The molecule has 0 aliphatic heterocycles. The van der Waals surface area contributed by atoms with E-state index in [9.17, 15) is 9.90 Å². The monoisotopic (exact) mass is 277 g/mol. The zero-order chi connectivity index (χ0) is 13.7. The van der Waals surface area contributed by atoms with Crippen molar-refractivity contribution in [2.75, 3.05) is 0 Å². The Bertz CT molecular complexity index is 525. The van der Waals surface area contributed by atoms with Crippen LogP contribution < -0.4 is 11.1 Å². The van der Waals surface area contributed by atoms with Gasteiger partial charge in [-0.25, -0.2) is 4.98 Å². The zero-order valence-electron chi connectivity index (χ0n) is 10.2. The van der Waals surface area contributed by atoms with Crippen molar-refractivity contribution < 1.29 is 9.90 Å². The van der Waals surface area contributed by atoms with Crippen LogP contribution >= 0.6 is 11.3 Å². The molecule has 1 heterocycles. The van der Waals surface area contributed by atoms with Gasteiger partial charge in [-0.15, -0.1) is 11.3 Å². The van der Waals surface area contributed by atoms with E-state index in [1.165, 1.54) is 11.3 Å². The number of nitrogens with zero attached hydrogens (tertiary/aromatic N) is 1. The number of nitrogens with two attached hydrogens (primary N) is 1. The minimum atomic E-state index is -0.608. The third kappa shape index (κ3) is 4.04. The predicted octanol–water partition coefficient (Wildman–Crippen LogP) is 1.03. The van der Waals surface area contributed by atoms with Crippen molar-refractivity contribution in [1.29, 1.82) is 0 Å². The Labute approximate surface area is 115 Å². The molecule has 0 bridgehead atoms. The molecule has 0 saturated carbocycles. The molecule has 19 heavy (non-hydrogen) atoms. The fraction of sp³-hybridized carbons (Fsp3) is 0.231. The number of hydrogen-bond acceptors (Lipinski definition) is 5. The van der Waals surface area contributed by atoms with E-state index in [0.29, 0.717) is 13.0 Å². The molecule has 1 aromatic heterocycles. The fourth-order valence-corrected chi connectivity index (χ4v) is 2.17. The van der Waals surface area contributed by atoms with Crippen molar-refractivity contribution in [2.45, 2.75) is 19.0 Å². The van der Waals surface area contributed by atoms with Crippen molar-refractivity contribution in [2.24, 2.45) is 5.73 Å². The molecular weight excluding hydrogens is 262 g/mol. The Balaban J connectivity index is 1.83. The first-order valence-electron chi connectivity index (χ1n) is 5.83. The minimum absolute atomic E-state index is 0.199. The molecule has 6 heteroatoms. The SMILES string of the molecule is N[C@@H](Cc1ccc(O)cc1)C(=O)NCc1cscn1. The predicted molar refractivity (Wildman–Crippen MR) is 73.7 cm³/mol. The van der Waals surface area contributed by atoms with Gasteiger partial charge in [0.25, 0.3) is 0 Å². The first-order chi connectivity index (χ1) is 9.15. The van der Waals surface area contributed by atoms with E-state index in [0.717, 1.165) is 11.3 Å². The van der Waals surface area contributed by atoms with Gasteiger partial charge in [-0.3, -0.25) is 4.79 Å². The third-order valence-corrected chi connectivity index (χ3v) is 3.29. The van der Waals surface area contributed by atoms with Crippen LogP contribution in [0.4, 0.5) is 0 Å². The maximum atomic E-state index is 11.8. The summed E-state index contributed by atoms with van der Waals surface area (Å²) in [5.74, 6) is -0.00798. The van der Waals surface area contributed by atoms with Gasteiger partial charge in [0.2, 0.25) is 5.91 Å². The second-order valence-corrected chi connectivity index (χ2v) is 4.89. The van der Waals surface area contributed by atoms with Gasteiger partial charge in [-0.05, 0) is 24.1 Å². The maximum Gasteiger partial charge on any atom is 0.237 e. The summed E-state index contributed by atoms with van der Waals surface area (Å²) in [5.41, 5.74) is 9.29. The van der Waals surface area contributed by atoms with Gasteiger partial charge in [0.15, 0.2) is 0 Å². The highest BCUT2D eigenvalue weighted by molar-refractivity contribution is 7.07. The summed E-state index contributed by atoms with van der Waals surface area (Å²) in [6.45, 7) is 0.394. The number of aromatic hydroxyl groups is 1. The van der Waals surface area contributed by atoms with E-state index in [-0.39, 0.29) is 11.7 Å². The number of carbonyl (C=O) groups is 1. The molecule has 2 aromatic rings. The second kappa shape index (κ2) is 6.31. The lowest BCUT2D eigenvalue weighted by molar-refractivity contribution is -0.122. The number of carbonyl (C=O) groups excluding carboxylic acids is 1. The summed E-state index contributed by atoms with van der Waals surface area (Å²) in [6.07, 6.45) is 0.434. The molecule has 4 N–H and O–H groups in total. The lowest BCUT2D eigenvalue weighted by atomic mass is 10.1. The number of hydrogen-bond donors (Lipinski definition) is 3. The highest BCUT2D eigenvalue weighted by Gasteiger charge is 2.13. The van der Waals surface area contributed by atoms with Gasteiger partial charge < -0.3 is 16.2 Å². The Kier molecular flexibility index (Phi) is 4.48. The van der Waals surface area contributed by atoms with Gasteiger partial charge in [0, 0.05) is 5.38 Å². The molecule has 5 nitrogen and oxygen atoms in total. The third-order valence-electron chi connectivity index (χ3n) is 2.66. The van der Waals surface area contributed by atoms with Gasteiger partial charge >= 0.3 is 0 Å². The average Bonchev–Trinajstić information content (AvgIpc) is 2.91. The number of amides is 1. The van der Waals surface area contributed by atoms with Gasteiger partial charge in [-0.2, -0.15) is 0 Å². The number of phenols is 1. The smallest absolute Gasteiger partial charge is 0.237 e. The lowest BCUT2D eigenvalue weighted by Crippen LogP contribution is -2.41. The van der Waals surface area contributed by atoms with E-state index in [4.69, 9.17) is 5.73 Å². The Morgan fingerprint density at radius 2 is 2.16 bits per heavy atom. The van der Waals surface area contributed by atoms with Crippen molar-refractivity contribution in [1.82, 2.24) is 10.3 Å². The minimum Gasteiger partial charge on any atom is -0.508 e. The molecule has 0 saturated heterocycles. The first-order valence-corrected chi connectivity index (χ1v) is 6.77. The molecule has 0 spiro atoms. The summed E-state index contributed by atoms with van der Waals surface area (Å²) in [4.78, 5) is 15.9. The van der Waals surface area contributed by atoms with Crippen LogP contribution in [0.25, 0.3) is 0 Å². The van der Waals surface area contributed by atoms with E-state index < -0.39 is 6.04 Å². The molecule has 0 fully saturated rings. The molecule has 2 rings (SSSR count). The zero-order valence-corrected chi connectivity index (χ0v) is 11.1. The highest BCUT2D eigenvalue weighted by Crippen LogP contribution is 2.11. The van der Waals surface area contributed by atoms with Crippen LogP contribution in [-0.4, -0.2) is 22.0 Å². The topological polar surface area (TPSA) is 88.2 Å². The fourth-order valence-electron chi connectivity index (χ4n) is 1.61. The van der Waals surface area contributed by atoms with Crippen LogP contribution in [-0.2, 0) is 17.8 Å². The molecule has 1 atom stereocenters. The van der Waals surface area contributed by atoms with E-state index in [2.05, 4.69) is 10.3 Å². The molecule has 0 radical (unpaired) electrons. The largest absolute Gasteiger partial charge is 0.508 e. The molecular formula is C13H15N3O2S. The number of aromatic nitrogens is 1. The summed E-state index contributed by atoms with van der Waals surface area (Å²) in [6, 6.07) is 6.05. The first kappa shape index (κ1) is 13.5. The van der Waals surface area contributed by atoms with Gasteiger partial charge in [0.05, 0.1) is 23.8 Å². The van der Waals surface area contributed by atoms with Crippen LogP contribution in [0, 0.1) is 0 Å². The summed E-state index contributed by atoms with van der Waals surface area (Å²) in [5, 5.41) is 13.8. The normalized spacial score (nSPS) is 12.1. The van der Waals surface area contributed by atoms with Crippen LogP contribution in [0.3, 0.4) is 0 Å². The number of rotatable bonds is 5. The Morgan fingerprint density at radius 1 is 1.42 bits per heavy atom. The van der Waals surface area contributed by atoms with Crippen molar-refractivity contribution in [3.63, 3.8) is 0 Å². The van der Waals surface area contributed by atoms with E-state index in [1.54, 1.807) is 29.8 Å². The summed E-state index contributed by atoms with van der Waals surface area (Å²) < 4.78 is 0. The molecule has 1 amide bonds. The Morgan fingerprint density at radius 3 is 2.79 bits per heavy atom. The van der Waals surface area contributed by atoms with Crippen molar-refractivity contribution >= 4 is 17.2 Å². The van der Waals surface area contributed by atoms with E-state index in [1.807, 2.05) is 5.38 Å². The number of nitrogens with one attached hydrogen (secondary N) is 1. The molecule has 0 unspecified atom stereocenters. The van der Waals surface area contributed by atoms with Crippen molar-refractivity contribution in [3.05, 3.63) is 46.4 Å². The molecule has 1 aromatic carbocycles. The van der Waals surface area contributed by atoms with Crippen LogP contribution in [0.5, 0.6) is 5.75 Å². The van der Waals surface area contributed by atoms with Gasteiger partial charge in [-0.1, -0.05) is 12.1 Å². The van der Waals surface area contributed by atoms with Gasteiger partial charge in [0.1, 0.15) is 5.75 Å². The maximum absolute atomic E-state index is 11.8. The van der Waals surface area contributed by atoms with Crippen LogP contribution in [0.2, 0.25) is 0 Å². The highest BCUT2D eigenvalue weighted by atomic mass is 32.1. The number of phenolic OH excluding ortho intramolecular Hbond substituents is 1. The van der Waals surface area contributed by atoms with E-state index >= 15 is 0 Å². The van der Waals surface area contributed by atoms with Crippen LogP contribution in [0.15, 0.2) is 35.2 Å².